The highest BCUT2D eigenvalue weighted by atomic mass is 35.5. The number of carbonyl (C=O) groups excluding carboxylic acids is 1. The fraction of sp³-hybridized carbons (Fsp3) is 0.217. The van der Waals surface area contributed by atoms with Crippen LogP contribution in [-0.4, -0.2) is 25.5 Å². The van der Waals surface area contributed by atoms with Gasteiger partial charge in [0.25, 0.3) is 5.56 Å². The maximum atomic E-state index is 13.6. The molecule has 32 heavy (non-hydrogen) atoms. The maximum Gasteiger partial charge on any atom is 0.295 e. The molecule has 4 rings (SSSR count). The molecule has 0 saturated carbocycles. The van der Waals surface area contributed by atoms with Crippen LogP contribution in [0.4, 0.5) is 4.39 Å². The number of hydrogen-bond acceptors (Lipinski definition) is 4. The monoisotopic (exact) mass is 453 g/mol. The van der Waals surface area contributed by atoms with Crippen LogP contribution < -0.4 is 10.9 Å². The first-order chi connectivity index (χ1) is 15.4. The van der Waals surface area contributed by atoms with Crippen molar-refractivity contribution in [1.82, 2.24) is 24.9 Å². The van der Waals surface area contributed by atoms with Crippen LogP contribution in [0.5, 0.6) is 0 Å². The van der Waals surface area contributed by atoms with Crippen molar-refractivity contribution in [3.05, 3.63) is 87.2 Å². The minimum Gasteiger partial charge on any atom is -0.352 e. The van der Waals surface area contributed by atoms with Crippen molar-refractivity contribution in [3.8, 4) is 5.69 Å². The lowest BCUT2D eigenvalue weighted by Crippen LogP contribution is -2.26. The van der Waals surface area contributed by atoms with Crippen molar-refractivity contribution in [3.63, 3.8) is 0 Å². The first-order valence-electron chi connectivity index (χ1n) is 10.2. The number of hydrogen-bond donors (Lipinski definition) is 1. The maximum absolute atomic E-state index is 13.6. The van der Waals surface area contributed by atoms with Crippen LogP contribution in [0, 0.1) is 12.7 Å². The van der Waals surface area contributed by atoms with Gasteiger partial charge >= 0.3 is 0 Å². The molecule has 2 aromatic heterocycles. The van der Waals surface area contributed by atoms with E-state index in [1.165, 1.54) is 10.7 Å². The van der Waals surface area contributed by atoms with Gasteiger partial charge in [0.2, 0.25) is 5.91 Å². The zero-order chi connectivity index (χ0) is 22.7. The Bertz CT molecular complexity index is 1330. The minimum absolute atomic E-state index is 0.122. The average molecular weight is 454 g/mol. The molecule has 0 atom stereocenters. The zero-order valence-electron chi connectivity index (χ0n) is 17.4. The van der Waals surface area contributed by atoms with Gasteiger partial charge in [0.05, 0.1) is 11.4 Å². The third-order valence-corrected chi connectivity index (χ3v) is 5.36. The Labute approximate surface area is 188 Å². The molecule has 7 nitrogen and oxygen atoms in total. The van der Waals surface area contributed by atoms with E-state index in [1.807, 2.05) is 19.1 Å². The molecule has 0 spiro atoms. The Hall–Kier alpha value is -3.52. The topological polar surface area (TPSA) is 81.8 Å². The molecule has 0 radical (unpaired) electrons. The van der Waals surface area contributed by atoms with E-state index in [0.717, 1.165) is 5.69 Å². The van der Waals surface area contributed by atoms with Gasteiger partial charge in [0.1, 0.15) is 5.82 Å². The Balaban J connectivity index is 1.42. The molecule has 9 heteroatoms. The smallest absolute Gasteiger partial charge is 0.295 e. The normalized spacial score (nSPS) is 11.1. The number of aryl methyl sites for hydroxylation is 2. The Morgan fingerprint density at radius 2 is 1.88 bits per heavy atom. The molecule has 164 valence electrons. The predicted octanol–water partition coefficient (Wildman–Crippen LogP) is 3.78. The van der Waals surface area contributed by atoms with Gasteiger partial charge in [-0.2, -0.15) is 10.2 Å². The van der Waals surface area contributed by atoms with Gasteiger partial charge in [-0.1, -0.05) is 29.8 Å². The molecule has 1 amide bonds. The van der Waals surface area contributed by atoms with E-state index in [1.54, 1.807) is 41.2 Å². The zero-order valence-corrected chi connectivity index (χ0v) is 18.1. The van der Waals surface area contributed by atoms with Crippen LogP contribution in [0.3, 0.4) is 0 Å². The lowest BCUT2D eigenvalue weighted by molar-refractivity contribution is -0.121. The van der Waals surface area contributed by atoms with E-state index >= 15 is 0 Å². The van der Waals surface area contributed by atoms with Crippen LogP contribution in [0.15, 0.2) is 59.5 Å². The summed E-state index contributed by atoms with van der Waals surface area (Å²) >= 11 is 5.94. The van der Waals surface area contributed by atoms with E-state index in [4.69, 9.17) is 11.6 Å². The molecule has 0 aliphatic rings. The second-order valence-electron chi connectivity index (χ2n) is 7.40. The van der Waals surface area contributed by atoms with Crippen LogP contribution >= 0.6 is 11.6 Å². The SMILES string of the molecule is Cc1nn(CCCC(=O)NCc2ccccc2F)c(=O)c2nn(-c3ccc(Cl)cc3)cc12. The molecule has 0 aliphatic heterocycles. The van der Waals surface area contributed by atoms with Crippen LogP contribution in [0.25, 0.3) is 16.6 Å². The van der Waals surface area contributed by atoms with Crippen molar-refractivity contribution in [2.45, 2.75) is 32.9 Å². The lowest BCUT2D eigenvalue weighted by Gasteiger charge is -2.08. The van der Waals surface area contributed by atoms with Gasteiger partial charge in [-0.3, -0.25) is 9.59 Å². The molecule has 0 bridgehead atoms. The van der Waals surface area contributed by atoms with Crippen LogP contribution in [0.2, 0.25) is 5.02 Å². The Morgan fingerprint density at radius 3 is 2.62 bits per heavy atom. The fourth-order valence-electron chi connectivity index (χ4n) is 3.39. The van der Waals surface area contributed by atoms with Gasteiger partial charge in [0.15, 0.2) is 5.52 Å². The van der Waals surface area contributed by atoms with Gasteiger partial charge in [-0.15, -0.1) is 0 Å². The second-order valence-corrected chi connectivity index (χ2v) is 7.83. The number of nitrogens with zero attached hydrogens (tertiary/aromatic N) is 4. The van der Waals surface area contributed by atoms with Crippen LogP contribution in [0.1, 0.15) is 24.1 Å². The van der Waals surface area contributed by atoms with E-state index in [2.05, 4.69) is 15.5 Å². The predicted molar refractivity (Wildman–Crippen MR) is 120 cm³/mol. The van der Waals surface area contributed by atoms with E-state index in [0.29, 0.717) is 33.6 Å². The summed E-state index contributed by atoms with van der Waals surface area (Å²) in [5, 5.41) is 12.8. The summed E-state index contributed by atoms with van der Waals surface area (Å²) in [6.45, 7) is 2.21. The first kappa shape index (κ1) is 21.7. The summed E-state index contributed by atoms with van der Waals surface area (Å²) in [6, 6.07) is 13.4. The summed E-state index contributed by atoms with van der Waals surface area (Å²) in [5.41, 5.74) is 1.88. The number of benzene rings is 2. The molecule has 0 fully saturated rings. The molecular weight excluding hydrogens is 433 g/mol. The van der Waals surface area contributed by atoms with Gasteiger partial charge < -0.3 is 5.32 Å². The van der Waals surface area contributed by atoms with Crippen LogP contribution in [-0.2, 0) is 17.9 Å². The highest BCUT2D eigenvalue weighted by molar-refractivity contribution is 6.30. The molecule has 2 aromatic carbocycles. The molecule has 0 aliphatic carbocycles. The molecular formula is C23H21ClFN5O2. The summed E-state index contributed by atoms with van der Waals surface area (Å²) in [4.78, 5) is 25.0. The summed E-state index contributed by atoms with van der Waals surface area (Å²) in [5.74, 6) is -0.573. The molecule has 1 N–H and O–H groups in total. The number of carbonyl (C=O) groups is 1. The highest BCUT2D eigenvalue weighted by Crippen LogP contribution is 2.17. The summed E-state index contributed by atoms with van der Waals surface area (Å²) in [6.07, 6.45) is 2.38. The van der Waals surface area contributed by atoms with E-state index in [9.17, 15) is 14.0 Å². The quantitative estimate of drug-likeness (QED) is 0.461. The summed E-state index contributed by atoms with van der Waals surface area (Å²) < 4.78 is 16.6. The third kappa shape index (κ3) is 4.70. The molecule has 2 heterocycles. The number of nitrogens with one attached hydrogen (secondary N) is 1. The number of rotatable bonds is 7. The van der Waals surface area contributed by atoms with Crippen molar-refractivity contribution < 1.29 is 9.18 Å². The lowest BCUT2D eigenvalue weighted by atomic mass is 10.2. The number of aromatic nitrogens is 4. The second kappa shape index (κ2) is 9.32. The fourth-order valence-corrected chi connectivity index (χ4v) is 3.52. The standard InChI is InChI=1S/C23H21ClFN5O2/c1-15-19-14-30(18-10-8-17(24)9-11-18)28-22(19)23(32)29(27-15)12-4-7-21(31)26-13-16-5-2-3-6-20(16)25/h2-3,5-6,8-11,14H,4,7,12-13H2,1H3,(H,26,31). The van der Waals surface area contributed by atoms with Crippen molar-refractivity contribution >= 4 is 28.4 Å². The molecule has 4 aromatic rings. The van der Waals surface area contributed by atoms with Crippen molar-refractivity contribution in [2.75, 3.05) is 0 Å². The molecule has 0 saturated heterocycles. The third-order valence-electron chi connectivity index (χ3n) is 5.11. The average Bonchev–Trinajstić information content (AvgIpc) is 3.23. The minimum atomic E-state index is -0.356. The number of halogens is 2. The van der Waals surface area contributed by atoms with Crippen molar-refractivity contribution in [1.29, 1.82) is 0 Å². The van der Waals surface area contributed by atoms with Gasteiger partial charge in [0, 0.05) is 41.7 Å². The Kier molecular flexibility index (Phi) is 6.32. The number of fused-ring (bicyclic) bond motifs is 1. The van der Waals surface area contributed by atoms with Gasteiger partial charge in [-0.05, 0) is 43.7 Å². The van der Waals surface area contributed by atoms with E-state index < -0.39 is 0 Å². The summed E-state index contributed by atoms with van der Waals surface area (Å²) in [7, 11) is 0. The van der Waals surface area contributed by atoms with Crippen molar-refractivity contribution in [2.24, 2.45) is 0 Å². The Morgan fingerprint density at radius 1 is 1.12 bits per heavy atom. The largest absolute Gasteiger partial charge is 0.352 e. The first-order valence-corrected chi connectivity index (χ1v) is 10.5. The number of amides is 1. The molecule has 0 unspecified atom stereocenters. The van der Waals surface area contributed by atoms with E-state index in [-0.39, 0.29) is 36.8 Å². The van der Waals surface area contributed by atoms with Gasteiger partial charge in [-0.25, -0.2) is 13.8 Å². The highest BCUT2D eigenvalue weighted by Gasteiger charge is 2.14.